The van der Waals surface area contributed by atoms with Crippen molar-refractivity contribution in [2.45, 2.75) is 12.8 Å². The van der Waals surface area contributed by atoms with Gasteiger partial charge < -0.3 is 11.1 Å². The van der Waals surface area contributed by atoms with Gasteiger partial charge in [0.05, 0.1) is 0 Å². The number of nitrogens with two attached hydrogens (primary N) is 1. The molecule has 1 aromatic carbocycles. The summed E-state index contributed by atoms with van der Waals surface area (Å²) in [6.45, 7) is 0.993. The van der Waals surface area contributed by atoms with E-state index in [1.54, 1.807) is 6.20 Å². The summed E-state index contributed by atoms with van der Waals surface area (Å²) in [6, 6.07) is 12.0. The summed E-state index contributed by atoms with van der Waals surface area (Å²) in [5.74, 6) is 1.35. The number of hydrogen-bond donors (Lipinski definition) is 2. The highest BCUT2D eigenvalue weighted by Gasteiger charge is 2.21. The normalized spacial score (nSPS) is 14.0. The minimum atomic E-state index is 0.534. The van der Waals surface area contributed by atoms with Crippen molar-refractivity contribution in [3.05, 3.63) is 48.2 Å². The van der Waals surface area contributed by atoms with Crippen molar-refractivity contribution in [1.82, 2.24) is 10.3 Å². The number of nitrogen functional groups attached to an aromatic ring is 1. The molecule has 1 aromatic heterocycles. The van der Waals surface area contributed by atoms with Gasteiger partial charge in [0.1, 0.15) is 10.8 Å². The van der Waals surface area contributed by atoms with E-state index < -0.39 is 0 Å². The number of aromatic nitrogens is 1. The van der Waals surface area contributed by atoms with E-state index in [2.05, 4.69) is 22.4 Å². The number of pyridine rings is 1. The Balaban J connectivity index is 1.77. The molecule has 1 aliphatic carbocycles. The number of hydrogen-bond acceptors (Lipinski definition) is 3. The van der Waals surface area contributed by atoms with Crippen LogP contribution in [0.2, 0.25) is 0 Å². The Morgan fingerprint density at radius 3 is 2.80 bits per heavy atom. The number of thiocarbonyl (C=S) groups is 1. The van der Waals surface area contributed by atoms with Crippen molar-refractivity contribution in [3.63, 3.8) is 0 Å². The van der Waals surface area contributed by atoms with Crippen LogP contribution in [-0.4, -0.2) is 16.5 Å². The van der Waals surface area contributed by atoms with Gasteiger partial charge in [-0.25, -0.2) is 4.98 Å². The van der Waals surface area contributed by atoms with E-state index in [4.69, 9.17) is 18.0 Å². The molecule has 2 aromatic rings. The molecule has 0 amide bonds. The average Bonchev–Trinajstić information content (AvgIpc) is 3.30. The molecule has 0 spiro atoms. The maximum atomic E-state index is 5.61. The zero-order valence-corrected chi connectivity index (χ0v) is 12.0. The summed E-state index contributed by atoms with van der Waals surface area (Å²) in [5, 5.41) is 3.34. The Bertz CT molecular complexity index is 618. The maximum Gasteiger partial charge on any atom is 0.123 e. The predicted molar refractivity (Wildman–Crippen MR) is 86.5 cm³/mol. The second kappa shape index (κ2) is 5.59. The highest BCUT2D eigenvalue weighted by molar-refractivity contribution is 7.80. The summed E-state index contributed by atoms with van der Waals surface area (Å²) < 4.78 is 0. The third kappa shape index (κ3) is 3.14. The smallest absolute Gasteiger partial charge is 0.123 e. The number of rotatable bonds is 4. The van der Waals surface area contributed by atoms with Crippen molar-refractivity contribution < 1.29 is 0 Å². The van der Waals surface area contributed by atoms with Gasteiger partial charge in [-0.3, -0.25) is 0 Å². The van der Waals surface area contributed by atoms with E-state index >= 15 is 0 Å². The van der Waals surface area contributed by atoms with Crippen molar-refractivity contribution in [3.8, 4) is 11.1 Å². The molecular weight excluding hydrogens is 266 g/mol. The van der Waals surface area contributed by atoms with Crippen LogP contribution in [0.15, 0.2) is 42.6 Å². The highest BCUT2D eigenvalue weighted by atomic mass is 32.1. The van der Waals surface area contributed by atoms with Gasteiger partial charge >= 0.3 is 0 Å². The largest absolute Gasteiger partial charge is 0.384 e. The van der Waals surface area contributed by atoms with E-state index in [-0.39, 0.29) is 0 Å². The van der Waals surface area contributed by atoms with Crippen molar-refractivity contribution in [1.29, 1.82) is 0 Å². The van der Waals surface area contributed by atoms with Crippen LogP contribution in [0.25, 0.3) is 11.1 Å². The van der Waals surface area contributed by atoms with Crippen LogP contribution in [0.1, 0.15) is 18.4 Å². The lowest BCUT2D eigenvalue weighted by Crippen LogP contribution is -2.24. The fraction of sp³-hybridized carbons (Fsp3) is 0.250. The maximum absolute atomic E-state index is 5.61. The standard InChI is InChI=1S/C16H17N3S/c17-15-7-6-14(10-18-15)12-2-1-3-13(8-12)16(20)19-9-11-4-5-11/h1-3,6-8,10-11H,4-5,9H2,(H2,17,18)(H,19,20). The van der Waals surface area contributed by atoms with Crippen LogP contribution in [0.5, 0.6) is 0 Å². The van der Waals surface area contributed by atoms with Crippen molar-refractivity contribution in [2.24, 2.45) is 5.92 Å². The van der Waals surface area contributed by atoms with Gasteiger partial charge in [-0.05, 0) is 42.5 Å². The van der Waals surface area contributed by atoms with Gasteiger partial charge in [-0.15, -0.1) is 0 Å². The molecule has 102 valence electrons. The first-order valence-electron chi connectivity index (χ1n) is 6.82. The Morgan fingerprint density at radius 2 is 2.10 bits per heavy atom. The van der Waals surface area contributed by atoms with E-state index in [1.807, 2.05) is 24.3 Å². The van der Waals surface area contributed by atoms with Crippen molar-refractivity contribution >= 4 is 23.0 Å². The molecule has 0 bridgehead atoms. The van der Waals surface area contributed by atoms with E-state index in [9.17, 15) is 0 Å². The van der Waals surface area contributed by atoms with Gasteiger partial charge in [-0.2, -0.15) is 0 Å². The third-order valence-corrected chi connectivity index (χ3v) is 3.87. The first-order chi connectivity index (χ1) is 9.72. The molecule has 3 N–H and O–H groups in total. The van der Waals surface area contributed by atoms with Crippen LogP contribution in [-0.2, 0) is 0 Å². The molecule has 0 saturated heterocycles. The van der Waals surface area contributed by atoms with E-state index in [0.717, 1.165) is 34.1 Å². The van der Waals surface area contributed by atoms with Crippen LogP contribution in [0.4, 0.5) is 5.82 Å². The molecule has 0 unspecified atom stereocenters. The molecule has 1 fully saturated rings. The first kappa shape index (κ1) is 13.1. The molecule has 0 radical (unpaired) electrons. The summed E-state index contributed by atoms with van der Waals surface area (Å²) in [6.07, 6.45) is 4.44. The highest BCUT2D eigenvalue weighted by Crippen LogP contribution is 2.27. The Morgan fingerprint density at radius 1 is 1.25 bits per heavy atom. The lowest BCUT2D eigenvalue weighted by molar-refractivity contribution is 0.779. The molecule has 20 heavy (non-hydrogen) atoms. The zero-order chi connectivity index (χ0) is 13.9. The summed E-state index contributed by atoms with van der Waals surface area (Å²) in [4.78, 5) is 4.95. The fourth-order valence-corrected chi connectivity index (χ4v) is 2.29. The van der Waals surface area contributed by atoms with E-state index in [0.29, 0.717) is 5.82 Å². The van der Waals surface area contributed by atoms with Crippen LogP contribution < -0.4 is 11.1 Å². The van der Waals surface area contributed by atoms with Gasteiger partial charge in [0.25, 0.3) is 0 Å². The SMILES string of the molecule is Nc1ccc(-c2cccc(C(=S)NCC3CC3)c2)cn1. The zero-order valence-electron chi connectivity index (χ0n) is 11.2. The Labute approximate surface area is 124 Å². The molecular formula is C16H17N3S. The lowest BCUT2D eigenvalue weighted by Gasteiger charge is -2.09. The number of benzene rings is 1. The van der Waals surface area contributed by atoms with Gasteiger partial charge in [0, 0.05) is 23.9 Å². The first-order valence-corrected chi connectivity index (χ1v) is 7.23. The summed E-state index contributed by atoms with van der Waals surface area (Å²) in [7, 11) is 0. The quantitative estimate of drug-likeness (QED) is 0.847. The fourth-order valence-electron chi connectivity index (χ4n) is 2.08. The predicted octanol–water partition coefficient (Wildman–Crippen LogP) is 3.01. The van der Waals surface area contributed by atoms with Crippen LogP contribution >= 0.6 is 12.2 Å². The minimum Gasteiger partial charge on any atom is -0.384 e. The molecule has 1 saturated carbocycles. The van der Waals surface area contributed by atoms with Gasteiger partial charge in [-0.1, -0.05) is 30.4 Å². The van der Waals surface area contributed by atoms with Crippen LogP contribution in [0, 0.1) is 5.92 Å². The van der Waals surface area contributed by atoms with Crippen LogP contribution in [0.3, 0.4) is 0 Å². The monoisotopic (exact) mass is 283 g/mol. The second-order valence-corrected chi connectivity index (χ2v) is 5.61. The molecule has 3 rings (SSSR count). The second-order valence-electron chi connectivity index (χ2n) is 5.21. The Kier molecular flexibility index (Phi) is 3.65. The topological polar surface area (TPSA) is 50.9 Å². The van der Waals surface area contributed by atoms with Gasteiger partial charge in [0.15, 0.2) is 0 Å². The lowest BCUT2D eigenvalue weighted by atomic mass is 10.0. The Hall–Kier alpha value is -1.94. The summed E-state index contributed by atoms with van der Waals surface area (Å²) >= 11 is 5.45. The molecule has 1 heterocycles. The minimum absolute atomic E-state index is 0.534. The molecule has 1 aliphatic rings. The van der Waals surface area contributed by atoms with E-state index in [1.165, 1.54) is 12.8 Å². The number of nitrogens with one attached hydrogen (secondary N) is 1. The van der Waals surface area contributed by atoms with Crippen molar-refractivity contribution in [2.75, 3.05) is 12.3 Å². The summed E-state index contributed by atoms with van der Waals surface area (Å²) in [5.41, 5.74) is 8.82. The molecule has 3 nitrogen and oxygen atoms in total. The molecule has 4 heteroatoms. The third-order valence-electron chi connectivity index (χ3n) is 3.49. The molecule has 0 aliphatic heterocycles. The number of nitrogens with zero attached hydrogens (tertiary/aromatic N) is 1. The van der Waals surface area contributed by atoms with Gasteiger partial charge in [0.2, 0.25) is 0 Å². The average molecular weight is 283 g/mol. The molecule has 0 atom stereocenters. The number of anilines is 1.